The summed E-state index contributed by atoms with van der Waals surface area (Å²) < 4.78 is 0. The summed E-state index contributed by atoms with van der Waals surface area (Å²) in [5.41, 5.74) is -0.818. The van der Waals surface area contributed by atoms with Crippen molar-refractivity contribution >= 4 is 27.5 Å². The minimum Gasteiger partial charge on any atom is -0.394 e. The number of amides is 1. The molecular formula is C13H17N3O4S. The van der Waals surface area contributed by atoms with Crippen molar-refractivity contribution < 1.29 is 15.0 Å². The number of hydrogen-bond acceptors (Lipinski definition) is 6. The molecule has 2 aromatic rings. The Balaban J connectivity index is 2.43. The number of nitrogens with one attached hydrogen (secondary N) is 2. The van der Waals surface area contributed by atoms with E-state index in [0.717, 1.165) is 11.3 Å². The van der Waals surface area contributed by atoms with Crippen molar-refractivity contribution in [2.24, 2.45) is 0 Å². The zero-order valence-corrected chi connectivity index (χ0v) is 12.6. The Hall–Kier alpha value is -1.77. The number of aliphatic hydroxyl groups is 2. The van der Waals surface area contributed by atoms with Crippen LogP contribution in [-0.4, -0.2) is 44.8 Å². The summed E-state index contributed by atoms with van der Waals surface area (Å²) in [6.45, 7) is 2.70. The number of aliphatic hydroxyl groups excluding tert-OH is 2. The van der Waals surface area contributed by atoms with Crippen LogP contribution in [0.2, 0.25) is 0 Å². The highest BCUT2D eigenvalue weighted by molar-refractivity contribution is 7.20. The molecule has 4 N–H and O–H groups in total. The maximum Gasteiger partial charge on any atom is 0.262 e. The van der Waals surface area contributed by atoms with Crippen molar-refractivity contribution in [3.63, 3.8) is 0 Å². The van der Waals surface area contributed by atoms with E-state index in [4.69, 9.17) is 0 Å². The third-order valence-electron chi connectivity index (χ3n) is 3.60. The van der Waals surface area contributed by atoms with Crippen LogP contribution in [0.3, 0.4) is 0 Å². The minimum absolute atomic E-state index is 0.293. The monoisotopic (exact) mass is 311 g/mol. The molecule has 0 aliphatic rings. The second kappa shape index (κ2) is 5.92. The molecule has 2 rings (SSSR count). The summed E-state index contributed by atoms with van der Waals surface area (Å²) in [7, 11) is 0. The first-order valence-corrected chi connectivity index (χ1v) is 7.30. The molecule has 0 unspecified atom stereocenters. The van der Waals surface area contributed by atoms with Crippen LogP contribution in [0.1, 0.15) is 28.6 Å². The molecule has 0 aromatic carbocycles. The number of rotatable bonds is 5. The van der Waals surface area contributed by atoms with Crippen LogP contribution in [0.25, 0.3) is 10.2 Å². The summed E-state index contributed by atoms with van der Waals surface area (Å²) >= 11 is 1.11. The van der Waals surface area contributed by atoms with Crippen molar-refractivity contribution in [2.45, 2.75) is 25.8 Å². The van der Waals surface area contributed by atoms with Crippen LogP contribution in [-0.2, 0) is 0 Å². The Morgan fingerprint density at radius 2 is 2.14 bits per heavy atom. The average molecular weight is 311 g/mol. The fourth-order valence-electron chi connectivity index (χ4n) is 2.03. The van der Waals surface area contributed by atoms with Crippen molar-refractivity contribution in [3.8, 4) is 0 Å². The normalized spacial score (nSPS) is 11.8. The zero-order valence-electron chi connectivity index (χ0n) is 11.8. The molecule has 0 saturated carbocycles. The predicted octanol–water partition coefficient (Wildman–Crippen LogP) is 0.156. The van der Waals surface area contributed by atoms with E-state index >= 15 is 0 Å². The molecule has 0 fully saturated rings. The van der Waals surface area contributed by atoms with Crippen LogP contribution in [0.5, 0.6) is 0 Å². The highest BCUT2D eigenvalue weighted by Gasteiger charge is 2.30. The van der Waals surface area contributed by atoms with Gasteiger partial charge in [0.25, 0.3) is 11.5 Å². The van der Waals surface area contributed by atoms with Crippen LogP contribution in [0.15, 0.2) is 11.1 Å². The number of H-pyrrole nitrogens is 1. The molecule has 0 aliphatic heterocycles. The largest absolute Gasteiger partial charge is 0.394 e. The zero-order chi connectivity index (χ0) is 15.6. The van der Waals surface area contributed by atoms with Gasteiger partial charge in [-0.2, -0.15) is 0 Å². The second-order valence-corrected chi connectivity index (χ2v) is 5.87. The first kappa shape index (κ1) is 15.6. The van der Waals surface area contributed by atoms with E-state index in [0.29, 0.717) is 27.1 Å². The molecule has 7 nitrogen and oxygen atoms in total. The van der Waals surface area contributed by atoms with Gasteiger partial charge in [0.15, 0.2) is 0 Å². The maximum atomic E-state index is 12.4. The Morgan fingerprint density at radius 3 is 2.67 bits per heavy atom. The lowest BCUT2D eigenvalue weighted by Gasteiger charge is -2.29. The number of carbonyl (C=O) groups is 1. The topological polar surface area (TPSA) is 115 Å². The van der Waals surface area contributed by atoms with Gasteiger partial charge in [-0.05, 0) is 18.9 Å². The molecule has 0 bridgehead atoms. The van der Waals surface area contributed by atoms with Gasteiger partial charge in [-0.3, -0.25) is 9.59 Å². The van der Waals surface area contributed by atoms with Crippen molar-refractivity contribution in [1.82, 2.24) is 15.3 Å². The summed E-state index contributed by atoms with van der Waals surface area (Å²) in [6, 6.07) is 0. The summed E-state index contributed by atoms with van der Waals surface area (Å²) in [6.07, 6.45) is 1.68. The standard InChI is InChI=1S/C13H17N3O4S/c1-3-13(4-17,5-18)16-11(20)9-7(2)8-10(19)14-6-15-12(8)21-9/h6,17-18H,3-5H2,1-2H3,(H,16,20)(H,14,15,19). The number of carbonyl (C=O) groups excluding carboxylic acids is 1. The molecule has 114 valence electrons. The Morgan fingerprint density at radius 1 is 1.48 bits per heavy atom. The molecule has 2 aromatic heterocycles. The maximum absolute atomic E-state index is 12.4. The molecule has 0 radical (unpaired) electrons. The van der Waals surface area contributed by atoms with Crippen molar-refractivity contribution in [3.05, 3.63) is 27.1 Å². The molecule has 0 saturated heterocycles. The van der Waals surface area contributed by atoms with Crippen LogP contribution in [0.4, 0.5) is 0 Å². The number of aryl methyl sites for hydroxylation is 1. The van der Waals surface area contributed by atoms with Crippen LogP contribution >= 0.6 is 11.3 Å². The molecular weight excluding hydrogens is 294 g/mol. The first-order valence-electron chi connectivity index (χ1n) is 6.49. The van der Waals surface area contributed by atoms with Crippen LogP contribution < -0.4 is 10.9 Å². The molecule has 0 spiro atoms. The van der Waals surface area contributed by atoms with Gasteiger partial charge in [0.1, 0.15) is 4.83 Å². The number of thiophene rings is 1. The van der Waals surface area contributed by atoms with E-state index < -0.39 is 11.4 Å². The van der Waals surface area contributed by atoms with E-state index in [1.165, 1.54) is 6.33 Å². The highest BCUT2D eigenvalue weighted by Crippen LogP contribution is 2.27. The van der Waals surface area contributed by atoms with Gasteiger partial charge in [0.05, 0.1) is 35.3 Å². The lowest BCUT2D eigenvalue weighted by Crippen LogP contribution is -2.53. The number of hydrogen-bond donors (Lipinski definition) is 4. The van der Waals surface area contributed by atoms with E-state index in [1.807, 2.05) is 0 Å². The highest BCUT2D eigenvalue weighted by atomic mass is 32.1. The quantitative estimate of drug-likeness (QED) is 0.627. The van der Waals surface area contributed by atoms with Gasteiger partial charge >= 0.3 is 0 Å². The van der Waals surface area contributed by atoms with Gasteiger partial charge in [0.2, 0.25) is 0 Å². The molecule has 1 amide bonds. The second-order valence-electron chi connectivity index (χ2n) is 4.87. The van der Waals surface area contributed by atoms with Gasteiger partial charge in [-0.1, -0.05) is 6.92 Å². The van der Waals surface area contributed by atoms with Crippen molar-refractivity contribution in [2.75, 3.05) is 13.2 Å². The Bertz CT molecular complexity index is 710. The van der Waals surface area contributed by atoms with Crippen LogP contribution in [0, 0.1) is 6.92 Å². The van der Waals surface area contributed by atoms with E-state index in [9.17, 15) is 19.8 Å². The lowest BCUT2D eigenvalue weighted by molar-refractivity contribution is 0.0655. The summed E-state index contributed by atoms with van der Waals surface area (Å²) in [4.78, 5) is 31.5. The molecule has 8 heteroatoms. The Labute approximate surface area is 124 Å². The average Bonchev–Trinajstić information content (AvgIpc) is 2.83. The number of nitrogens with zero attached hydrogens (tertiary/aromatic N) is 1. The van der Waals surface area contributed by atoms with Gasteiger partial charge in [0, 0.05) is 0 Å². The first-order chi connectivity index (χ1) is 9.98. The molecule has 0 atom stereocenters. The molecule has 0 aliphatic carbocycles. The number of aromatic amines is 1. The predicted molar refractivity (Wildman–Crippen MR) is 79.6 cm³/mol. The fraction of sp³-hybridized carbons (Fsp3) is 0.462. The fourth-order valence-corrected chi connectivity index (χ4v) is 3.08. The van der Waals surface area contributed by atoms with E-state index in [2.05, 4.69) is 15.3 Å². The summed E-state index contributed by atoms with van der Waals surface area (Å²) in [5, 5.41) is 21.8. The van der Waals surface area contributed by atoms with E-state index in [-0.39, 0.29) is 18.8 Å². The smallest absolute Gasteiger partial charge is 0.262 e. The Kier molecular flexibility index (Phi) is 4.40. The third-order valence-corrected chi connectivity index (χ3v) is 4.80. The number of fused-ring (bicyclic) bond motifs is 1. The SMILES string of the molecule is CCC(CO)(CO)NC(=O)c1sc2nc[nH]c(=O)c2c1C. The van der Waals surface area contributed by atoms with Crippen molar-refractivity contribution in [1.29, 1.82) is 0 Å². The molecule has 2 heterocycles. The number of aromatic nitrogens is 2. The lowest BCUT2D eigenvalue weighted by atomic mass is 9.98. The summed E-state index contributed by atoms with van der Waals surface area (Å²) in [5.74, 6) is -0.431. The van der Waals surface area contributed by atoms with Gasteiger partial charge in [-0.15, -0.1) is 11.3 Å². The van der Waals surface area contributed by atoms with Gasteiger partial charge < -0.3 is 20.5 Å². The minimum atomic E-state index is -1.07. The van der Waals surface area contributed by atoms with E-state index in [1.54, 1.807) is 13.8 Å². The van der Waals surface area contributed by atoms with Gasteiger partial charge in [-0.25, -0.2) is 4.98 Å². The molecule has 21 heavy (non-hydrogen) atoms. The third kappa shape index (κ3) is 2.69.